The van der Waals surface area contributed by atoms with E-state index in [1.54, 1.807) is 42.3 Å². The van der Waals surface area contributed by atoms with Crippen LogP contribution in [0.2, 0.25) is 0 Å². The Labute approximate surface area is 175 Å². The number of fused-ring (bicyclic) bond motifs is 1. The molecule has 0 unspecified atom stereocenters. The number of carbonyl (C=O) groups excluding carboxylic acids is 1. The summed E-state index contributed by atoms with van der Waals surface area (Å²) >= 11 is 0. The maximum atomic E-state index is 12.7. The summed E-state index contributed by atoms with van der Waals surface area (Å²) in [5, 5.41) is 6.68. The van der Waals surface area contributed by atoms with Gasteiger partial charge >= 0.3 is 5.69 Å². The Bertz CT molecular complexity index is 1350. The highest BCUT2D eigenvalue weighted by molar-refractivity contribution is 5.90. The molecule has 0 atom stereocenters. The van der Waals surface area contributed by atoms with E-state index in [0.717, 1.165) is 4.57 Å². The van der Waals surface area contributed by atoms with Gasteiger partial charge < -0.3 is 14.6 Å². The molecule has 0 radical (unpaired) electrons. The molecule has 12 heteroatoms. The van der Waals surface area contributed by atoms with E-state index in [0.29, 0.717) is 24.6 Å². The summed E-state index contributed by atoms with van der Waals surface area (Å²) in [6.45, 7) is 0.472. The molecule has 1 N–H and O–H groups in total. The summed E-state index contributed by atoms with van der Waals surface area (Å²) in [6, 6.07) is 6.83. The molecular formula is C19H20N8O4. The van der Waals surface area contributed by atoms with E-state index in [-0.39, 0.29) is 11.2 Å². The normalized spacial score (nSPS) is 11.0. The smallest absolute Gasteiger partial charge is 0.332 e. The minimum absolute atomic E-state index is 0.248. The van der Waals surface area contributed by atoms with Crippen molar-refractivity contribution in [2.75, 3.05) is 11.9 Å². The number of nitrogens with one attached hydrogen (secondary N) is 1. The van der Waals surface area contributed by atoms with Crippen molar-refractivity contribution in [1.29, 1.82) is 0 Å². The lowest BCUT2D eigenvalue weighted by molar-refractivity contribution is -0.116. The largest absolute Gasteiger partial charge is 0.492 e. The molecule has 4 aromatic rings. The average Bonchev–Trinajstić information content (AvgIpc) is 3.40. The second-order valence-corrected chi connectivity index (χ2v) is 6.84. The number of hydrogen-bond donors (Lipinski definition) is 1. The Hall–Kier alpha value is -4.22. The quantitative estimate of drug-likeness (QED) is 0.433. The number of nitrogens with zero attached hydrogens (tertiary/aromatic N) is 7. The van der Waals surface area contributed by atoms with Crippen LogP contribution in [0.3, 0.4) is 0 Å². The van der Waals surface area contributed by atoms with Crippen molar-refractivity contribution in [3.63, 3.8) is 0 Å². The SMILES string of the molecule is Cn1cnc2c1c(=O)n(CC(=O)Nc1cccc(OCCn3cncn3)c1)c(=O)n2C. The third-order valence-corrected chi connectivity index (χ3v) is 4.68. The first-order valence-electron chi connectivity index (χ1n) is 9.40. The highest BCUT2D eigenvalue weighted by atomic mass is 16.5. The Balaban J connectivity index is 1.46. The Morgan fingerprint density at radius 2 is 2.03 bits per heavy atom. The molecule has 0 aliphatic rings. The van der Waals surface area contributed by atoms with Gasteiger partial charge in [0.25, 0.3) is 5.56 Å². The lowest BCUT2D eigenvalue weighted by atomic mass is 10.3. The first-order valence-corrected chi connectivity index (χ1v) is 9.40. The molecule has 31 heavy (non-hydrogen) atoms. The molecule has 12 nitrogen and oxygen atoms in total. The van der Waals surface area contributed by atoms with Gasteiger partial charge in [0.2, 0.25) is 5.91 Å². The van der Waals surface area contributed by atoms with Gasteiger partial charge in [-0.2, -0.15) is 5.10 Å². The van der Waals surface area contributed by atoms with Crippen LogP contribution in [-0.2, 0) is 32.0 Å². The van der Waals surface area contributed by atoms with Crippen molar-refractivity contribution >= 4 is 22.8 Å². The number of ether oxygens (including phenoxy) is 1. The highest BCUT2D eigenvalue weighted by Gasteiger charge is 2.17. The monoisotopic (exact) mass is 424 g/mol. The Morgan fingerprint density at radius 3 is 2.81 bits per heavy atom. The fourth-order valence-electron chi connectivity index (χ4n) is 3.15. The van der Waals surface area contributed by atoms with E-state index in [1.807, 2.05) is 0 Å². The van der Waals surface area contributed by atoms with Gasteiger partial charge in [-0.05, 0) is 12.1 Å². The second-order valence-electron chi connectivity index (χ2n) is 6.84. The van der Waals surface area contributed by atoms with Gasteiger partial charge in [-0.1, -0.05) is 6.07 Å². The number of amides is 1. The summed E-state index contributed by atoms with van der Waals surface area (Å²) in [6.07, 6.45) is 4.49. The highest BCUT2D eigenvalue weighted by Crippen LogP contribution is 2.17. The zero-order valence-electron chi connectivity index (χ0n) is 16.9. The Kier molecular flexibility index (Phi) is 5.35. The maximum absolute atomic E-state index is 12.7. The van der Waals surface area contributed by atoms with Crippen LogP contribution < -0.4 is 21.3 Å². The third-order valence-electron chi connectivity index (χ3n) is 4.68. The van der Waals surface area contributed by atoms with Gasteiger partial charge in [0.15, 0.2) is 11.2 Å². The van der Waals surface area contributed by atoms with Crippen molar-refractivity contribution in [1.82, 2.24) is 33.4 Å². The second kappa shape index (κ2) is 8.26. The van der Waals surface area contributed by atoms with Crippen LogP contribution in [0, 0.1) is 0 Å². The fraction of sp³-hybridized carbons (Fsp3) is 0.263. The van der Waals surface area contributed by atoms with E-state index < -0.39 is 23.7 Å². The molecule has 3 heterocycles. The molecule has 0 saturated carbocycles. The molecule has 0 fully saturated rings. The minimum Gasteiger partial charge on any atom is -0.492 e. The number of benzene rings is 1. The van der Waals surface area contributed by atoms with Crippen molar-refractivity contribution < 1.29 is 9.53 Å². The van der Waals surface area contributed by atoms with Crippen molar-refractivity contribution in [3.8, 4) is 5.75 Å². The number of hydrogen-bond acceptors (Lipinski definition) is 7. The zero-order chi connectivity index (χ0) is 22.0. The average molecular weight is 424 g/mol. The van der Waals surface area contributed by atoms with Gasteiger partial charge in [0.1, 0.15) is 31.6 Å². The summed E-state index contributed by atoms with van der Waals surface area (Å²) in [5.41, 5.74) is -0.188. The third kappa shape index (κ3) is 4.08. The van der Waals surface area contributed by atoms with Gasteiger partial charge in [-0.25, -0.2) is 24.0 Å². The maximum Gasteiger partial charge on any atom is 0.332 e. The van der Waals surface area contributed by atoms with Crippen molar-refractivity contribution in [2.45, 2.75) is 13.1 Å². The molecule has 3 aromatic heterocycles. The Morgan fingerprint density at radius 1 is 1.19 bits per heavy atom. The van der Waals surface area contributed by atoms with Gasteiger partial charge in [0, 0.05) is 25.8 Å². The summed E-state index contributed by atoms with van der Waals surface area (Å²) in [4.78, 5) is 45.7. The molecule has 0 bridgehead atoms. The van der Waals surface area contributed by atoms with Crippen LogP contribution in [-0.4, -0.2) is 46.0 Å². The van der Waals surface area contributed by atoms with E-state index >= 15 is 0 Å². The zero-order valence-corrected chi connectivity index (χ0v) is 16.9. The van der Waals surface area contributed by atoms with Gasteiger partial charge in [-0.3, -0.25) is 14.2 Å². The first kappa shape index (κ1) is 20.1. The van der Waals surface area contributed by atoms with Crippen molar-refractivity contribution in [2.24, 2.45) is 14.1 Å². The molecule has 0 saturated heterocycles. The topological polar surface area (TPSA) is 131 Å². The first-order chi connectivity index (χ1) is 14.9. The molecule has 4 rings (SSSR count). The van der Waals surface area contributed by atoms with Crippen LogP contribution in [0.4, 0.5) is 5.69 Å². The summed E-state index contributed by atoms with van der Waals surface area (Å²) in [7, 11) is 3.16. The predicted molar refractivity (Wildman–Crippen MR) is 111 cm³/mol. The lowest BCUT2D eigenvalue weighted by Crippen LogP contribution is -2.42. The molecule has 1 aromatic carbocycles. The number of anilines is 1. The van der Waals surface area contributed by atoms with Crippen LogP contribution in [0.15, 0.2) is 52.8 Å². The standard InChI is InChI=1S/C19H20N8O4/c1-24-12-21-17-16(24)18(29)27(19(30)25(17)2)9-15(28)23-13-4-3-5-14(8-13)31-7-6-26-11-20-10-22-26/h3-5,8,10-12H,6-7,9H2,1-2H3,(H,23,28). The molecular weight excluding hydrogens is 404 g/mol. The fourth-order valence-corrected chi connectivity index (χ4v) is 3.15. The molecule has 0 aliphatic carbocycles. The van der Waals surface area contributed by atoms with Crippen LogP contribution in [0.5, 0.6) is 5.75 Å². The van der Waals surface area contributed by atoms with Crippen LogP contribution in [0.1, 0.15) is 0 Å². The summed E-state index contributed by atoms with van der Waals surface area (Å²) in [5.74, 6) is 0.0442. The van der Waals surface area contributed by atoms with Gasteiger partial charge in [0.05, 0.1) is 12.9 Å². The number of carbonyl (C=O) groups is 1. The summed E-state index contributed by atoms with van der Waals surface area (Å²) < 4.78 is 11.0. The molecule has 0 aliphatic heterocycles. The van der Waals surface area contributed by atoms with E-state index in [2.05, 4.69) is 20.4 Å². The molecule has 160 valence electrons. The van der Waals surface area contributed by atoms with Crippen molar-refractivity contribution in [3.05, 3.63) is 64.1 Å². The minimum atomic E-state index is -0.614. The number of imidazole rings is 1. The molecule has 0 spiro atoms. The van der Waals surface area contributed by atoms with E-state index in [9.17, 15) is 14.4 Å². The predicted octanol–water partition coefficient (Wildman–Crippen LogP) is -0.257. The molecule has 1 amide bonds. The van der Waals surface area contributed by atoms with Crippen LogP contribution >= 0.6 is 0 Å². The van der Waals surface area contributed by atoms with E-state index in [1.165, 1.54) is 28.8 Å². The van der Waals surface area contributed by atoms with Crippen LogP contribution in [0.25, 0.3) is 11.2 Å². The number of aryl methyl sites for hydroxylation is 2. The van der Waals surface area contributed by atoms with E-state index in [4.69, 9.17) is 4.74 Å². The number of rotatable bonds is 7. The number of aromatic nitrogens is 7. The van der Waals surface area contributed by atoms with Gasteiger partial charge in [-0.15, -0.1) is 0 Å². The lowest BCUT2D eigenvalue weighted by Gasteiger charge is -2.11.